The predicted octanol–water partition coefficient (Wildman–Crippen LogP) is 1.50. The molecule has 0 bridgehead atoms. The van der Waals surface area contributed by atoms with Gasteiger partial charge in [0.2, 0.25) is 17.8 Å². The Hall–Kier alpha value is -2.94. The molecule has 2 amide bonds. The van der Waals surface area contributed by atoms with Crippen molar-refractivity contribution in [2.24, 2.45) is 0 Å². The molecule has 1 aliphatic heterocycles. The molecular weight excluding hydrogens is 339 g/mol. The topological polar surface area (TPSA) is 136 Å². The van der Waals surface area contributed by atoms with Crippen LogP contribution in [0.25, 0.3) is 0 Å². The summed E-state index contributed by atoms with van der Waals surface area (Å²) in [4.78, 5) is 32.1. The number of carbonyl (C=O) groups is 2. The van der Waals surface area contributed by atoms with E-state index in [1.54, 1.807) is 0 Å². The molecule has 2 heterocycles. The summed E-state index contributed by atoms with van der Waals surface area (Å²) in [5, 5.41) is 4.94. The number of fused-ring (bicyclic) bond motifs is 1. The minimum atomic E-state index is -0.904. The number of hydrogen-bond acceptors (Lipinski definition) is 6. The number of amides is 2. The van der Waals surface area contributed by atoms with Crippen molar-refractivity contribution >= 4 is 46.7 Å². The number of nitrogens with one attached hydrogen (secondary N) is 2. The number of rotatable bonds is 2. The molecule has 8 nitrogen and oxygen atoms in total. The maximum Gasteiger partial charge on any atom is 0.232 e. The summed E-state index contributed by atoms with van der Waals surface area (Å²) in [5.74, 6) is -2.43. The molecule has 1 aromatic carbocycles. The van der Waals surface area contributed by atoms with Crippen molar-refractivity contribution < 1.29 is 14.0 Å². The van der Waals surface area contributed by atoms with Gasteiger partial charge in [-0.15, -0.1) is 0 Å². The van der Waals surface area contributed by atoms with E-state index in [2.05, 4.69) is 20.6 Å². The first-order valence-corrected chi connectivity index (χ1v) is 7.21. The SMILES string of the molecule is Nc1nc(N)c2c(n1)NC(=O)C[C@H]2C(=O)Nc1ccc(F)c(Cl)c1. The molecule has 0 saturated heterocycles. The lowest BCUT2D eigenvalue weighted by Gasteiger charge is -2.25. The normalized spacial score (nSPS) is 16.2. The second kappa shape index (κ2) is 5.93. The Morgan fingerprint density at radius 3 is 2.83 bits per heavy atom. The molecular formula is C14H12ClFN6O2. The van der Waals surface area contributed by atoms with Crippen molar-refractivity contribution in [2.75, 3.05) is 22.1 Å². The summed E-state index contributed by atoms with van der Waals surface area (Å²) in [7, 11) is 0. The van der Waals surface area contributed by atoms with Gasteiger partial charge in [-0.25, -0.2) is 4.39 Å². The van der Waals surface area contributed by atoms with Crippen LogP contribution in [-0.4, -0.2) is 21.8 Å². The third-order valence-corrected chi connectivity index (χ3v) is 3.78. The molecule has 124 valence electrons. The van der Waals surface area contributed by atoms with Gasteiger partial charge in [-0.1, -0.05) is 11.6 Å². The molecule has 0 saturated carbocycles. The fraction of sp³-hybridized carbons (Fsp3) is 0.143. The molecule has 3 rings (SSSR count). The second-order valence-corrected chi connectivity index (χ2v) is 5.56. The zero-order chi connectivity index (χ0) is 17.4. The highest BCUT2D eigenvalue weighted by atomic mass is 35.5. The predicted molar refractivity (Wildman–Crippen MR) is 86.9 cm³/mol. The standard InChI is InChI=1S/C14H12ClFN6O2/c15-7-3-5(1-2-8(7)16)19-13(24)6-4-9(23)20-12-10(6)11(17)21-14(18)22-12/h1-3,6H,4H2,(H,19,24)(H5,17,18,20,21,22,23)/t6-/m1/s1. The maximum atomic E-state index is 13.2. The minimum Gasteiger partial charge on any atom is -0.383 e. The average molecular weight is 351 g/mol. The summed E-state index contributed by atoms with van der Waals surface area (Å²) in [6.45, 7) is 0. The molecule has 6 N–H and O–H groups in total. The fourth-order valence-electron chi connectivity index (χ4n) is 2.44. The summed E-state index contributed by atoms with van der Waals surface area (Å²) < 4.78 is 13.2. The molecule has 2 aromatic rings. The van der Waals surface area contributed by atoms with Crippen LogP contribution in [0.3, 0.4) is 0 Å². The van der Waals surface area contributed by atoms with Gasteiger partial charge < -0.3 is 22.1 Å². The Balaban J connectivity index is 1.93. The van der Waals surface area contributed by atoms with E-state index in [-0.39, 0.29) is 40.3 Å². The second-order valence-electron chi connectivity index (χ2n) is 5.15. The average Bonchev–Trinajstić information content (AvgIpc) is 2.49. The minimum absolute atomic E-state index is 0.00906. The van der Waals surface area contributed by atoms with Gasteiger partial charge in [0.05, 0.1) is 16.5 Å². The summed E-state index contributed by atoms with van der Waals surface area (Å²) >= 11 is 5.69. The van der Waals surface area contributed by atoms with E-state index in [0.29, 0.717) is 0 Å². The van der Waals surface area contributed by atoms with Gasteiger partial charge in [-0.3, -0.25) is 9.59 Å². The summed E-state index contributed by atoms with van der Waals surface area (Å²) in [6.07, 6.45) is -0.134. The molecule has 10 heteroatoms. The Kier molecular flexibility index (Phi) is 3.94. The number of nitrogens with two attached hydrogens (primary N) is 2. The van der Waals surface area contributed by atoms with Gasteiger partial charge in [-0.05, 0) is 18.2 Å². The van der Waals surface area contributed by atoms with Crippen LogP contribution in [0.5, 0.6) is 0 Å². The zero-order valence-corrected chi connectivity index (χ0v) is 12.9. The quantitative estimate of drug-likeness (QED) is 0.648. The lowest BCUT2D eigenvalue weighted by atomic mass is 9.92. The third-order valence-electron chi connectivity index (χ3n) is 3.49. The summed E-state index contributed by atoms with van der Waals surface area (Å²) in [6, 6.07) is 3.74. The van der Waals surface area contributed by atoms with Crippen LogP contribution in [0.4, 0.5) is 27.7 Å². The molecule has 0 aliphatic carbocycles. The monoisotopic (exact) mass is 350 g/mol. The Bertz CT molecular complexity index is 859. The highest BCUT2D eigenvalue weighted by Gasteiger charge is 2.34. The van der Waals surface area contributed by atoms with E-state index in [9.17, 15) is 14.0 Å². The van der Waals surface area contributed by atoms with Crippen molar-refractivity contribution in [1.82, 2.24) is 9.97 Å². The third kappa shape index (κ3) is 2.93. The number of halogens is 2. The first kappa shape index (κ1) is 15.9. The molecule has 0 spiro atoms. The van der Waals surface area contributed by atoms with Crippen molar-refractivity contribution in [2.45, 2.75) is 12.3 Å². The molecule has 0 unspecified atom stereocenters. The van der Waals surface area contributed by atoms with Gasteiger partial charge in [0.1, 0.15) is 17.5 Å². The number of nitrogens with zero attached hydrogens (tertiary/aromatic N) is 2. The van der Waals surface area contributed by atoms with E-state index in [4.69, 9.17) is 23.1 Å². The van der Waals surface area contributed by atoms with E-state index in [1.165, 1.54) is 12.1 Å². The van der Waals surface area contributed by atoms with Gasteiger partial charge in [0, 0.05) is 12.1 Å². The number of benzene rings is 1. The van der Waals surface area contributed by atoms with Crippen molar-refractivity contribution in [3.63, 3.8) is 0 Å². The number of carbonyl (C=O) groups excluding carboxylic acids is 2. The van der Waals surface area contributed by atoms with E-state index in [1.807, 2.05) is 0 Å². The molecule has 0 fully saturated rings. The van der Waals surface area contributed by atoms with Crippen molar-refractivity contribution in [3.05, 3.63) is 34.6 Å². The lowest BCUT2D eigenvalue weighted by Crippen LogP contribution is -2.32. The Morgan fingerprint density at radius 1 is 1.38 bits per heavy atom. The van der Waals surface area contributed by atoms with Gasteiger partial charge in [-0.2, -0.15) is 9.97 Å². The number of hydrogen-bond donors (Lipinski definition) is 4. The number of aromatic nitrogens is 2. The van der Waals surface area contributed by atoms with Crippen LogP contribution in [0.15, 0.2) is 18.2 Å². The molecule has 0 radical (unpaired) electrons. The zero-order valence-electron chi connectivity index (χ0n) is 12.1. The van der Waals surface area contributed by atoms with Crippen LogP contribution in [0, 0.1) is 5.82 Å². The van der Waals surface area contributed by atoms with Crippen LogP contribution < -0.4 is 22.1 Å². The summed E-state index contributed by atoms with van der Waals surface area (Å²) in [5.41, 5.74) is 11.9. The van der Waals surface area contributed by atoms with Crippen LogP contribution in [-0.2, 0) is 9.59 Å². The van der Waals surface area contributed by atoms with Crippen molar-refractivity contribution in [3.8, 4) is 0 Å². The maximum absolute atomic E-state index is 13.2. The first-order valence-electron chi connectivity index (χ1n) is 6.84. The van der Waals surface area contributed by atoms with Crippen LogP contribution in [0.1, 0.15) is 17.9 Å². The number of nitrogen functional groups attached to an aromatic ring is 2. The largest absolute Gasteiger partial charge is 0.383 e. The van der Waals surface area contributed by atoms with Gasteiger partial charge >= 0.3 is 0 Å². The van der Waals surface area contributed by atoms with Crippen LogP contribution >= 0.6 is 11.6 Å². The molecule has 1 aromatic heterocycles. The molecule has 24 heavy (non-hydrogen) atoms. The van der Waals surface area contributed by atoms with E-state index in [0.717, 1.165) is 6.07 Å². The Morgan fingerprint density at radius 2 is 2.12 bits per heavy atom. The number of anilines is 4. The van der Waals surface area contributed by atoms with Crippen LogP contribution in [0.2, 0.25) is 5.02 Å². The fourth-order valence-corrected chi connectivity index (χ4v) is 2.62. The van der Waals surface area contributed by atoms with Crippen molar-refractivity contribution in [1.29, 1.82) is 0 Å². The first-order chi connectivity index (χ1) is 11.3. The van der Waals surface area contributed by atoms with E-state index < -0.39 is 23.5 Å². The van der Waals surface area contributed by atoms with E-state index >= 15 is 0 Å². The smallest absolute Gasteiger partial charge is 0.232 e. The van der Waals surface area contributed by atoms with Gasteiger partial charge in [0.25, 0.3) is 0 Å². The lowest BCUT2D eigenvalue weighted by molar-refractivity contribution is -0.123. The molecule has 1 atom stereocenters. The Labute approximate surface area is 140 Å². The molecule has 1 aliphatic rings. The highest BCUT2D eigenvalue weighted by molar-refractivity contribution is 6.31. The van der Waals surface area contributed by atoms with Gasteiger partial charge in [0.15, 0.2) is 0 Å². The highest BCUT2D eigenvalue weighted by Crippen LogP contribution is 2.35.